The Kier molecular flexibility index (Phi) is 8.13. The van der Waals surface area contributed by atoms with E-state index in [1.807, 2.05) is 24.3 Å². The van der Waals surface area contributed by atoms with Crippen molar-refractivity contribution in [3.63, 3.8) is 0 Å². The summed E-state index contributed by atoms with van der Waals surface area (Å²) in [6.07, 6.45) is 1.67. The molecule has 1 aliphatic heterocycles. The number of amides is 3. The highest BCUT2D eigenvalue weighted by Gasteiger charge is 2.34. The van der Waals surface area contributed by atoms with Crippen molar-refractivity contribution < 1.29 is 19.1 Å². The fourth-order valence-corrected chi connectivity index (χ4v) is 4.63. The lowest BCUT2D eigenvalue weighted by Crippen LogP contribution is -2.27. The maximum atomic E-state index is 12.8. The van der Waals surface area contributed by atoms with Crippen molar-refractivity contribution in [2.75, 3.05) is 11.9 Å². The Morgan fingerprint density at radius 2 is 1.72 bits per heavy atom. The number of thioether (sulfide) groups is 1. The number of hydrogen-bond acceptors (Lipinski definition) is 5. The number of carbonyl (C=O) groups excluding carboxylic acids is 3. The second-order valence-corrected chi connectivity index (χ2v) is 9.97. The van der Waals surface area contributed by atoms with E-state index in [2.05, 4.69) is 19.2 Å². The summed E-state index contributed by atoms with van der Waals surface area (Å²) in [7, 11) is 0. The zero-order chi connectivity index (χ0) is 25.7. The lowest BCUT2D eigenvalue weighted by Gasteiger charge is -2.14. The van der Waals surface area contributed by atoms with Crippen LogP contribution in [-0.2, 0) is 16.1 Å². The Morgan fingerprint density at radius 1 is 1.03 bits per heavy atom. The number of halogens is 1. The van der Waals surface area contributed by atoms with Gasteiger partial charge in [-0.2, -0.15) is 0 Å². The van der Waals surface area contributed by atoms with Crippen molar-refractivity contribution in [1.82, 2.24) is 4.90 Å². The van der Waals surface area contributed by atoms with Gasteiger partial charge in [-0.05, 0) is 70.8 Å². The van der Waals surface area contributed by atoms with E-state index >= 15 is 0 Å². The first-order chi connectivity index (χ1) is 17.3. The number of nitrogens with zero attached hydrogens (tertiary/aromatic N) is 1. The molecule has 3 aromatic carbocycles. The van der Waals surface area contributed by atoms with Crippen LogP contribution in [-0.4, -0.2) is 28.6 Å². The van der Waals surface area contributed by atoms with Gasteiger partial charge in [-0.3, -0.25) is 19.3 Å². The first-order valence-corrected chi connectivity index (χ1v) is 12.6. The van der Waals surface area contributed by atoms with E-state index in [1.165, 1.54) is 4.90 Å². The molecule has 0 aromatic heterocycles. The molecule has 1 fully saturated rings. The van der Waals surface area contributed by atoms with Gasteiger partial charge in [-0.25, -0.2) is 0 Å². The van der Waals surface area contributed by atoms with Gasteiger partial charge in [-0.15, -0.1) is 0 Å². The molecule has 184 valence electrons. The number of ether oxygens (including phenoxy) is 1. The molecule has 1 N–H and O–H groups in total. The molecule has 1 heterocycles. The van der Waals surface area contributed by atoms with Gasteiger partial charge in [0, 0.05) is 10.7 Å². The van der Waals surface area contributed by atoms with Crippen LogP contribution in [0.2, 0.25) is 5.02 Å². The SMILES string of the molecule is CC(C)c1ccccc1NC(=O)COc1ccc(/C=C2\SC(=O)N(Cc3ccc(Cl)cc3)C2=O)cc1. The van der Waals surface area contributed by atoms with Gasteiger partial charge in [0.05, 0.1) is 11.4 Å². The second kappa shape index (κ2) is 11.5. The summed E-state index contributed by atoms with van der Waals surface area (Å²) in [4.78, 5) is 39.1. The smallest absolute Gasteiger partial charge is 0.293 e. The predicted octanol–water partition coefficient (Wildman–Crippen LogP) is 6.72. The van der Waals surface area contributed by atoms with Gasteiger partial charge in [0.1, 0.15) is 5.75 Å². The van der Waals surface area contributed by atoms with Crippen LogP contribution in [0.5, 0.6) is 5.75 Å². The van der Waals surface area contributed by atoms with Crippen LogP contribution in [0.15, 0.2) is 77.7 Å². The lowest BCUT2D eigenvalue weighted by molar-refractivity contribution is -0.123. The summed E-state index contributed by atoms with van der Waals surface area (Å²) in [5.74, 6) is 0.226. The quantitative estimate of drug-likeness (QED) is 0.334. The molecule has 4 rings (SSSR count). The number of anilines is 1. The van der Waals surface area contributed by atoms with Gasteiger partial charge in [0.25, 0.3) is 17.1 Å². The minimum Gasteiger partial charge on any atom is -0.484 e. The third-order valence-corrected chi connectivity index (χ3v) is 6.69. The second-order valence-electron chi connectivity index (χ2n) is 8.54. The average molecular weight is 521 g/mol. The number of para-hydroxylation sites is 1. The lowest BCUT2D eigenvalue weighted by atomic mass is 10.0. The van der Waals surface area contributed by atoms with Crippen molar-refractivity contribution in [2.24, 2.45) is 0 Å². The number of hydrogen-bond donors (Lipinski definition) is 1. The molecule has 0 spiro atoms. The first kappa shape index (κ1) is 25.5. The minimum atomic E-state index is -0.335. The predicted molar refractivity (Wildman–Crippen MR) is 144 cm³/mol. The molecule has 0 bridgehead atoms. The third-order valence-electron chi connectivity index (χ3n) is 5.53. The zero-order valence-electron chi connectivity index (χ0n) is 19.9. The normalized spacial score (nSPS) is 14.6. The molecule has 8 heteroatoms. The van der Waals surface area contributed by atoms with Crippen molar-refractivity contribution in [3.8, 4) is 5.75 Å². The summed E-state index contributed by atoms with van der Waals surface area (Å²) < 4.78 is 5.62. The zero-order valence-corrected chi connectivity index (χ0v) is 21.4. The van der Waals surface area contributed by atoms with Crippen LogP contribution in [0.3, 0.4) is 0 Å². The molecule has 0 atom stereocenters. The molecule has 6 nitrogen and oxygen atoms in total. The monoisotopic (exact) mass is 520 g/mol. The molecule has 0 saturated carbocycles. The Morgan fingerprint density at radius 3 is 2.42 bits per heavy atom. The number of nitrogens with one attached hydrogen (secondary N) is 1. The molecule has 0 radical (unpaired) electrons. The van der Waals surface area contributed by atoms with Crippen LogP contribution in [0, 0.1) is 0 Å². The van der Waals surface area contributed by atoms with Gasteiger partial charge in [0.15, 0.2) is 6.61 Å². The number of rotatable bonds is 8. The molecule has 1 aliphatic rings. The van der Waals surface area contributed by atoms with Crippen LogP contribution < -0.4 is 10.1 Å². The van der Waals surface area contributed by atoms with Gasteiger partial charge >= 0.3 is 0 Å². The van der Waals surface area contributed by atoms with Crippen LogP contribution in [0.4, 0.5) is 10.5 Å². The van der Waals surface area contributed by atoms with E-state index in [1.54, 1.807) is 54.6 Å². The van der Waals surface area contributed by atoms with Gasteiger partial charge in [-0.1, -0.05) is 67.9 Å². The molecular formula is C28H25ClN2O4S. The molecule has 0 aliphatic carbocycles. The fourth-order valence-electron chi connectivity index (χ4n) is 3.67. The third kappa shape index (κ3) is 6.36. The van der Waals surface area contributed by atoms with E-state index in [4.69, 9.17) is 16.3 Å². The molecule has 1 saturated heterocycles. The highest BCUT2D eigenvalue weighted by Crippen LogP contribution is 2.33. The topological polar surface area (TPSA) is 75.7 Å². The van der Waals surface area contributed by atoms with E-state index in [0.717, 1.165) is 34.1 Å². The van der Waals surface area contributed by atoms with Crippen LogP contribution >= 0.6 is 23.4 Å². The Balaban J connectivity index is 1.34. The number of carbonyl (C=O) groups is 3. The Labute approximate surface area is 219 Å². The van der Waals surface area contributed by atoms with Crippen molar-refractivity contribution >= 4 is 52.2 Å². The molecule has 3 aromatic rings. The van der Waals surface area contributed by atoms with E-state index in [0.29, 0.717) is 15.7 Å². The molecular weight excluding hydrogens is 496 g/mol. The highest BCUT2D eigenvalue weighted by atomic mass is 35.5. The summed E-state index contributed by atoms with van der Waals surface area (Å²) in [6.45, 7) is 4.21. The summed E-state index contributed by atoms with van der Waals surface area (Å²) in [5, 5.41) is 3.18. The Bertz CT molecular complexity index is 1300. The summed E-state index contributed by atoms with van der Waals surface area (Å²) in [5.41, 5.74) is 3.41. The molecule has 36 heavy (non-hydrogen) atoms. The Hall–Kier alpha value is -3.55. The van der Waals surface area contributed by atoms with Crippen molar-refractivity contribution in [1.29, 1.82) is 0 Å². The van der Waals surface area contributed by atoms with Crippen molar-refractivity contribution in [2.45, 2.75) is 26.3 Å². The standard InChI is InChI=1S/C28H25ClN2O4S/c1-18(2)23-5-3-4-6-24(23)30-26(32)17-35-22-13-9-19(10-14-22)15-25-27(33)31(28(34)36-25)16-20-7-11-21(29)12-8-20/h3-15,18H,16-17H2,1-2H3,(H,30,32)/b25-15-. The van der Waals surface area contributed by atoms with Crippen LogP contribution in [0.1, 0.15) is 36.5 Å². The number of benzene rings is 3. The number of imide groups is 1. The maximum absolute atomic E-state index is 12.8. The van der Waals surface area contributed by atoms with E-state index in [9.17, 15) is 14.4 Å². The minimum absolute atomic E-state index is 0.130. The fraction of sp³-hybridized carbons (Fsp3) is 0.179. The molecule has 3 amide bonds. The van der Waals surface area contributed by atoms with Crippen LogP contribution in [0.25, 0.3) is 6.08 Å². The maximum Gasteiger partial charge on any atom is 0.293 e. The van der Waals surface area contributed by atoms with Crippen molar-refractivity contribution in [3.05, 3.63) is 99.4 Å². The molecule has 0 unspecified atom stereocenters. The van der Waals surface area contributed by atoms with Gasteiger partial charge < -0.3 is 10.1 Å². The summed E-state index contributed by atoms with van der Waals surface area (Å²) in [6, 6.07) is 21.7. The summed E-state index contributed by atoms with van der Waals surface area (Å²) >= 11 is 6.81. The average Bonchev–Trinajstić information content (AvgIpc) is 3.12. The largest absolute Gasteiger partial charge is 0.484 e. The van der Waals surface area contributed by atoms with E-state index < -0.39 is 0 Å². The van der Waals surface area contributed by atoms with E-state index in [-0.39, 0.29) is 36.1 Å². The van der Waals surface area contributed by atoms with Gasteiger partial charge in [0.2, 0.25) is 0 Å². The highest BCUT2D eigenvalue weighted by molar-refractivity contribution is 8.18. The first-order valence-electron chi connectivity index (χ1n) is 11.4.